The molecule has 0 aliphatic rings. The molecular formula is C15H14N4O. The summed E-state index contributed by atoms with van der Waals surface area (Å²) in [6, 6.07) is 9.70. The molecule has 0 fully saturated rings. The summed E-state index contributed by atoms with van der Waals surface area (Å²) in [4.78, 5) is 11.1. The Balaban J connectivity index is 2.26. The number of aromatic nitrogens is 1. The summed E-state index contributed by atoms with van der Waals surface area (Å²) in [6.45, 7) is 4.44. The van der Waals surface area contributed by atoms with Crippen molar-refractivity contribution < 1.29 is 4.79 Å². The first-order valence-electron chi connectivity index (χ1n) is 6.14. The van der Waals surface area contributed by atoms with E-state index < -0.39 is 5.91 Å². The highest BCUT2D eigenvalue weighted by atomic mass is 16.2. The quantitative estimate of drug-likeness (QED) is 0.512. The van der Waals surface area contributed by atoms with Gasteiger partial charge in [-0.3, -0.25) is 4.79 Å². The number of hydrogen-bond donors (Lipinski definition) is 1. The molecule has 1 aromatic heterocycles. The Morgan fingerprint density at radius 2 is 2.30 bits per heavy atom. The van der Waals surface area contributed by atoms with Crippen LogP contribution in [0.25, 0.3) is 10.9 Å². The number of rotatable bonds is 5. The second-order valence-electron chi connectivity index (χ2n) is 4.17. The number of para-hydroxylation sites is 1. The lowest BCUT2D eigenvalue weighted by atomic mass is 10.2. The molecule has 0 radical (unpaired) electrons. The maximum absolute atomic E-state index is 11.1. The molecule has 0 bridgehead atoms. The Morgan fingerprint density at radius 3 is 3.05 bits per heavy atom. The molecule has 20 heavy (non-hydrogen) atoms. The van der Waals surface area contributed by atoms with Gasteiger partial charge in [0.15, 0.2) is 0 Å². The fourth-order valence-electron chi connectivity index (χ4n) is 1.95. The monoisotopic (exact) mass is 266 g/mol. The van der Waals surface area contributed by atoms with E-state index >= 15 is 0 Å². The van der Waals surface area contributed by atoms with Crippen LogP contribution in [0.5, 0.6) is 0 Å². The van der Waals surface area contributed by atoms with Gasteiger partial charge in [0, 0.05) is 29.2 Å². The van der Waals surface area contributed by atoms with Crippen molar-refractivity contribution in [2.75, 3.05) is 0 Å². The van der Waals surface area contributed by atoms with Gasteiger partial charge in [0.05, 0.1) is 12.3 Å². The summed E-state index contributed by atoms with van der Waals surface area (Å²) in [5.41, 5.74) is 4.30. The Hall–Kier alpha value is -2.87. The number of fused-ring (bicyclic) bond motifs is 1. The number of nitrogens with zero attached hydrogens (tertiary/aromatic N) is 3. The van der Waals surface area contributed by atoms with Crippen LogP contribution in [-0.2, 0) is 11.3 Å². The summed E-state index contributed by atoms with van der Waals surface area (Å²) in [5.74, 6) is -0.418. The predicted molar refractivity (Wildman–Crippen MR) is 78.1 cm³/mol. The fourth-order valence-corrected chi connectivity index (χ4v) is 1.95. The summed E-state index contributed by atoms with van der Waals surface area (Å²) < 4.78 is 2.06. The fraction of sp³-hybridized carbons (Fsp3) is 0.133. The van der Waals surface area contributed by atoms with Crippen LogP contribution in [-0.4, -0.2) is 16.7 Å². The molecule has 0 saturated carbocycles. The number of allylic oxidation sites excluding steroid dienone is 1. The minimum atomic E-state index is -0.418. The molecule has 1 heterocycles. The molecule has 2 rings (SSSR count). The smallest absolute Gasteiger partial charge is 0.254 e. The zero-order valence-corrected chi connectivity index (χ0v) is 10.9. The van der Waals surface area contributed by atoms with Crippen molar-refractivity contribution in [3.63, 3.8) is 0 Å². The molecule has 1 N–H and O–H groups in total. The zero-order chi connectivity index (χ0) is 14.4. The largest absolute Gasteiger partial charge is 0.343 e. The van der Waals surface area contributed by atoms with Crippen molar-refractivity contribution in [2.24, 2.45) is 5.10 Å². The first kappa shape index (κ1) is 13.6. The molecule has 2 aromatic rings. The SMILES string of the molecule is C=CCn1cc(/C=N\NC(=O)CC#N)c2ccccc21. The van der Waals surface area contributed by atoms with Crippen molar-refractivity contribution in [3.8, 4) is 6.07 Å². The highest BCUT2D eigenvalue weighted by Crippen LogP contribution is 2.19. The maximum atomic E-state index is 11.1. The molecule has 5 nitrogen and oxygen atoms in total. The highest BCUT2D eigenvalue weighted by Gasteiger charge is 2.05. The molecule has 1 amide bonds. The van der Waals surface area contributed by atoms with Gasteiger partial charge >= 0.3 is 0 Å². The van der Waals surface area contributed by atoms with E-state index in [1.807, 2.05) is 36.5 Å². The standard InChI is InChI=1S/C15H14N4O/c1-2-9-19-11-12(10-17-18-15(20)7-8-16)13-5-3-4-6-14(13)19/h2-6,10-11H,1,7,9H2,(H,18,20)/b17-10-. The average Bonchev–Trinajstić information content (AvgIpc) is 2.79. The van der Waals surface area contributed by atoms with E-state index in [2.05, 4.69) is 21.7 Å². The first-order chi connectivity index (χ1) is 9.76. The number of nitriles is 1. The van der Waals surface area contributed by atoms with Crippen LogP contribution in [0, 0.1) is 11.3 Å². The van der Waals surface area contributed by atoms with Gasteiger partial charge in [0.25, 0.3) is 5.91 Å². The number of amides is 1. The maximum Gasteiger partial charge on any atom is 0.254 e. The van der Waals surface area contributed by atoms with Crippen LogP contribution in [0.3, 0.4) is 0 Å². The summed E-state index contributed by atoms with van der Waals surface area (Å²) in [6.07, 6.45) is 5.15. The van der Waals surface area contributed by atoms with Gasteiger partial charge in [0.2, 0.25) is 0 Å². The highest BCUT2D eigenvalue weighted by molar-refractivity contribution is 5.99. The molecule has 5 heteroatoms. The number of carbonyl (C=O) groups is 1. The topological polar surface area (TPSA) is 70.2 Å². The van der Waals surface area contributed by atoms with Crippen LogP contribution in [0.2, 0.25) is 0 Å². The Bertz CT molecular complexity index is 706. The van der Waals surface area contributed by atoms with E-state index in [0.717, 1.165) is 16.5 Å². The van der Waals surface area contributed by atoms with Crippen LogP contribution in [0.15, 0.2) is 48.2 Å². The number of carbonyl (C=O) groups excluding carboxylic acids is 1. The van der Waals surface area contributed by atoms with Crippen molar-refractivity contribution >= 4 is 23.0 Å². The van der Waals surface area contributed by atoms with Gasteiger partial charge < -0.3 is 4.57 Å². The van der Waals surface area contributed by atoms with Gasteiger partial charge in [0.1, 0.15) is 6.42 Å². The van der Waals surface area contributed by atoms with Crippen LogP contribution < -0.4 is 5.43 Å². The van der Waals surface area contributed by atoms with E-state index in [1.54, 1.807) is 12.3 Å². The average molecular weight is 266 g/mol. The minimum absolute atomic E-state index is 0.199. The van der Waals surface area contributed by atoms with Gasteiger partial charge in [-0.2, -0.15) is 10.4 Å². The van der Waals surface area contributed by atoms with Crippen LogP contribution >= 0.6 is 0 Å². The van der Waals surface area contributed by atoms with Crippen LogP contribution in [0.4, 0.5) is 0 Å². The summed E-state index contributed by atoms with van der Waals surface area (Å²) >= 11 is 0. The molecule has 0 unspecified atom stereocenters. The lowest BCUT2D eigenvalue weighted by Gasteiger charge is -1.98. The van der Waals surface area contributed by atoms with E-state index in [1.165, 1.54) is 0 Å². The van der Waals surface area contributed by atoms with E-state index in [-0.39, 0.29) is 6.42 Å². The van der Waals surface area contributed by atoms with Gasteiger partial charge in [-0.1, -0.05) is 24.3 Å². The Morgan fingerprint density at radius 1 is 1.50 bits per heavy atom. The van der Waals surface area contributed by atoms with Crippen LogP contribution in [0.1, 0.15) is 12.0 Å². The third-order valence-corrected chi connectivity index (χ3v) is 2.78. The van der Waals surface area contributed by atoms with Crippen molar-refractivity contribution in [2.45, 2.75) is 13.0 Å². The molecule has 0 atom stereocenters. The summed E-state index contributed by atoms with van der Waals surface area (Å²) in [5, 5.41) is 13.3. The molecule has 0 aliphatic heterocycles. The molecule has 1 aromatic carbocycles. The minimum Gasteiger partial charge on any atom is -0.343 e. The zero-order valence-electron chi connectivity index (χ0n) is 10.9. The van der Waals surface area contributed by atoms with E-state index in [9.17, 15) is 4.79 Å². The van der Waals surface area contributed by atoms with E-state index in [0.29, 0.717) is 6.54 Å². The molecular weight excluding hydrogens is 252 g/mol. The number of benzene rings is 1. The van der Waals surface area contributed by atoms with Crippen molar-refractivity contribution in [1.29, 1.82) is 5.26 Å². The lowest BCUT2D eigenvalue weighted by molar-refractivity contribution is -0.120. The number of nitrogens with one attached hydrogen (secondary N) is 1. The normalized spacial score (nSPS) is 10.6. The Labute approximate surface area is 116 Å². The summed E-state index contributed by atoms with van der Waals surface area (Å²) in [7, 11) is 0. The van der Waals surface area contributed by atoms with Crippen molar-refractivity contribution in [1.82, 2.24) is 9.99 Å². The van der Waals surface area contributed by atoms with E-state index in [4.69, 9.17) is 5.26 Å². The Kier molecular flexibility index (Phi) is 4.30. The van der Waals surface area contributed by atoms with Crippen molar-refractivity contribution in [3.05, 3.63) is 48.7 Å². The third-order valence-electron chi connectivity index (χ3n) is 2.78. The predicted octanol–water partition coefficient (Wildman–Crippen LogP) is 2.19. The lowest BCUT2D eigenvalue weighted by Crippen LogP contribution is -2.16. The van der Waals surface area contributed by atoms with Gasteiger partial charge in [-0.05, 0) is 6.07 Å². The number of hydrazone groups is 1. The third kappa shape index (κ3) is 2.93. The molecule has 0 saturated heterocycles. The molecule has 0 aliphatic carbocycles. The first-order valence-corrected chi connectivity index (χ1v) is 6.14. The second-order valence-corrected chi connectivity index (χ2v) is 4.17. The molecule has 0 spiro atoms. The van der Waals surface area contributed by atoms with Gasteiger partial charge in [-0.25, -0.2) is 5.43 Å². The van der Waals surface area contributed by atoms with Gasteiger partial charge in [-0.15, -0.1) is 6.58 Å². The molecule has 100 valence electrons. The number of hydrogen-bond acceptors (Lipinski definition) is 3. The second kappa shape index (κ2) is 6.34.